The molecule has 0 bridgehead atoms. The van der Waals surface area contributed by atoms with Crippen LogP contribution in [0.3, 0.4) is 0 Å². The van der Waals surface area contributed by atoms with Crippen molar-refractivity contribution in [2.45, 2.75) is 38.3 Å². The number of nitrogens with zero attached hydrogens (tertiary/aromatic N) is 3. The van der Waals surface area contributed by atoms with E-state index in [-0.39, 0.29) is 18.2 Å². The quantitative estimate of drug-likeness (QED) is 0.829. The number of nitrogens with one attached hydrogen (secondary N) is 1. The zero-order valence-electron chi connectivity index (χ0n) is 17.0. The number of ether oxygens (including phenoxy) is 1. The molecule has 0 radical (unpaired) electrons. The van der Waals surface area contributed by atoms with Crippen molar-refractivity contribution in [2.75, 3.05) is 32.5 Å². The van der Waals surface area contributed by atoms with Gasteiger partial charge in [-0.1, -0.05) is 6.07 Å². The lowest BCUT2D eigenvalue weighted by Crippen LogP contribution is -2.39. The van der Waals surface area contributed by atoms with Crippen LogP contribution in [0.4, 0.5) is 10.5 Å². The highest BCUT2D eigenvalue weighted by molar-refractivity contribution is 5.89. The summed E-state index contributed by atoms with van der Waals surface area (Å²) in [4.78, 5) is 20.9. The molecular weight excluding hydrogens is 352 g/mol. The monoisotopic (exact) mass is 382 g/mol. The van der Waals surface area contributed by atoms with E-state index in [1.807, 2.05) is 49.4 Å². The Morgan fingerprint density at radius 3 is 2.61 bits per heavy atom. The van der Waals surface area contributed by atoms with Crippen molar-refractivity contribution in [3.05, 3.63) is 54.4 Å². The lowest BCUT2D eigenvalue weighted by Gasteiger charge is -2.29. The summed E-state index contributed by atoms with van der Waals surface area (Å²) < 4.78 is 6.06. The first-order chi connectivity index (χ1) is 13.5. The van der Waals surface area contributed by atoms with Crippen molar-refractivity contribution < 1.29 is 9.53 Å². The zero-order valence-corrected chi connectivity index (χ0v) is 17.0. The number of aromatic nitrogens is 1. The summed E-state index contributed by atoms with van der Waals surface area (Å²) in [6, 6.07) is 13.4. The molecule has 1 aromatic carbocycles. The van der Waals surface area contributed by atoms with Gasteiger partial charge in [0, 0.05) is 50.2 Å². The number of hydrogen-bond donors (Lipinski definition) is 1. The molecule has 1 fully saturated rings. The first-order valence-corrected chi connectivity index (χ1v) is 9.90. The maximum Gasteiger partial charge on any atom is 0.321 e. The van der Waals surface area contributed by atoms with Gasteiger partial charge >= 0.3 is 6.03 Å². The van der Waals surface area contributed by atoms with E-state index in [2.05, 4.69) is 22.2 Å². The van der Waals surface area contributed by atoms with E-state index in [1.54, 1.807) is 18.1 Å². The molecule has 1 aromatic heterocycles. The SMILES string of the molecule is C[C@H](Cc1ccccn1)N(C)C(=O)Nc1ccc(OC2CCN(C)CC2)cc1. The molecular formula is C22H30N4O2. The average Bonchev–Trinajstić information content (AvgIpc) is 2.71. The van der Waals surface area contributed by atoms with E-state index in [4.69, 9.17) is 4.74 Å². The molecule has 28 heavy (non-hydrogen) atoms. The van der Waals surface area contributed by atoms with Crippen LogP contribution in [0.25, 0.3) is 0 Å². The highest BCUT2D eigenvalue weighted by Gasteiger charge is 2.19. The van der Waals surface area contributed by atoms with Gasteiger partial charge in [-0.15, -0.1) is 0 Å². The molecule has 0 unspecified atom stereocenters. The molecule has 3 rings (SSSR count). The summed E-state index contributed by atoms with van der Waals surface area (Å²) in [5, 5.41) is 2.95. The van der Waals surface area contributed by atoms with Crippen molar-refractivity contribution >= 4 is 11.7 Å². The molecule has 1 N–H and O–H groups in total. The molecule has 150 valence electrons. The second-order valence-electron chi connectivity index (χ2n) is 7.56. The van der Waals surface area contributed by atoms with Gasteiger partial charge in [0.25, 0.3) is 0 Å². The summed E-state index contributed by atoms with van der Waals surface area (Å²) in [5.41, 5.74) is 1.74. The first kappa shape index (κ1) is 20.1. The topological polar surface area (TPSA) is 57.7 Å². The number of piperidine rings is 1. The van der Waals surface area contributed by atoms with E-state index in [9.17, 15) is 4.79 Å². The van der Waals surface area contributed by atoms with Crippen molar-refractivity contribution in [1.29, 1.82) is 0 Å². The van der Waals surface area contributed by atoms with E-state index in [0.29, 0.717) is 6.42 Å². The third kappa shape index (κ3) is 5.70. The summed E-state index contributed by atoms with van der Waals surface area (Å²) in [6.45, 7) is 4.16. The Hall–Kier alpha value is -2.60. The molecule has 1 aliphatic rings. The Bertz CT molecular complexity index is 743. The van der Waals surface area contributed by atoms with E-state index in [1.165, 1.54) is 0 Å². The molecule has 2 heterocycles. The number of urea groups is 1. The fourth-order valence-corrected chi connectivity index (χ4v) is 3.28. The van der Waals surface area contributed by atoms with Gasteiger partial charge in [0.05, 0.1) is 0 Å². The summed E-state index contributed by atoms with van der Waals surface area (Å²) in [5.74, 6) is 0.851. The summed E-state index contributed by atoms with van der Waals surface area (Å²) in [7, 11) is 3.95. The van der Waals surface area contributed by atoms with Gasteiger partial charge in [-0.25, -0.2) is 4.79 Å². The van der Waals surface area contributed by atoms with Crippen LogP contribution in [-0.2, 0) is 6.42 Å². The van der Waals surface area contributed by atoms with E-state index in [0.717, 1.165) is 43.1 Å². The molecule has 6 nitrogen and oxygen atoms in total. The predicted octanol–water partition coefficient (Wildman–Crippen LogP) is 3.65. The molecule has 1 aliphatic heterocycles. The van der Waals surface area contributed by atoms with Crippen molar-refractivity contribution in [2.24, 2.45) is 0 Å². The molecule has 1 atom stereocenters. The maximum atomic E-state index is 12.5. The van der Waals surface area contributed by atoms with Crippen LogP contribution in [0.1, 0.15) is 25.5 Å². The number of carbonyl (C=O) groups is 1. The van der Waals surface area contributed by atoms with Crippen LogP contribution in [0.5, 0.6) is 5.75 Å². The normalized spacial score (nSPS) is 16.4. The van der Waals surface area contributed by atoms with Gasteiger partial charge in [0.15, 0.2) is 0 Å². The fourth-order valence-electron chi connectivity index (χ4n) is 3.28. The lowest BCUT2D eigenvalue weighted by atomic mass is 10.1. The minimum atomic E-state index is -0.132. The van der Waals surface area contributed by atoms with Gasteiger partial charge in [-0.2, -0.15) is 0 Å². The summed E-state index contributed by atoms with van der Waals surface area (Å²) >= 11 is 0. The Balaban J connectivity index is 1.49. The van der Waals surface area contributed by atoms with Crippen LogP contribution in [-0.4, -0.2) is 60.1 Å². The number of carbonyl (C=O) groups excluding carboxylic acids is 1. The van der Waals surface area contributed by atoms with E-state index >= 15 is 0 Å². The standard InChI is InChI=1S/C22H30N4O2/c1-17(16-19-6-4-5-13-23-19)26(3)22(27)24-18-7-9-20(10-8-18)28-21-11-14-25(2)15-12-21/h4-10,13,17,21H,11-12,14-16H2,1-3H3,(H,24,27)/t17-/m1/s1. The third-order valence-electron chi connectivity index (χ3n) is 5.29. The predicted molar refractivity (Wildman–Crippen MR) is 112 cm³/mol. The Labute approximate surface area is 167 Å². The number of likely N-dealkylation sites (N-methyl/N-ethyl adjacent to an activating group) is 1. The largest absolute Gasteiger partial charge is 0.490 e. The Morgan fingerprint density at radius 1 is 1.25 bits per heavy atom. The minimum absolute atomic E-state index is 0.0435. The average molecular weight is 383 g/mol. The van der Waals surface area contributed by atoms with Crippen LogP contribution >= 0.6 is 0 Å². The Kier molecular flexibility index (Phi) is 6.87. The molecule has 0 aliphatic carbocycles. The van der Waals surface area contributed by atoms with E-state index < -0.39 is 0 Å². The van der Waals surface area contributed by atoms with Crippen LogP contribution in [0, 0.1) is 0 Å². The van der Waals surface area contributed by atoms with Gasteiger partial charge in [0.2, 0.25) is 0 Å². The maximum absolute atomic E-state index is 12.5. The highest BCUT2D eigenvalue weighted by atomic mass is 16.5. The number of benzene rings is 1. The fraction of sp³-hybridized carbons (Fsp3) is 0.455. The van der Waals surface area contributed by atoms with Crippen molar-refractivity contribution in [1.82, 2.24) is 14.8 Å². The number of amides is 2. The molecule has 1 saturated heterocycles. The van der Waals surface area contributed by atoms with Crippen LogP contribution < -0.4 is 10.1 Å². The molecule has 0 saturated carbocycles. The van der Waals surface area contributed by atoms with Gasteiger partial charge < -0.3 is 19.9 Å². The first-order valence-electron chi connectivity index (χ1n) is 9.90. The third-order valence-corrected chi connectivity index (χ3v) is 5.29. The molecule has 2 amide bonds. The molecule has 2 aromatic rings. The molecule has 6 heteroatoms. The van der Waals surface area contributed by atoms with Gasteiger partial charge in [-0.05, 0) is 63.2 Å². The molecule has 0 spiro atoms. The van der Waals surface area contributed by atoms with Crippen LogP contribution in [0.15, 0.2) is 48.7 Å². The second kappa shape index (κ2) is 9.55. The zero-order chi connectivity index (χ0) is 19.9. The smallest absolute Gasteiger partial charge is 0.321 e. The highest BCUT2D eigenvalue weighted by Crippen LogP contribution is 2.21. The second-order valence-corrected chi connectivity index (χ2v) is 7.56. The lowest BCUT2D eigenvalue weighted by molar-refractivity contribution is 0.114. The number of likely N-dealkylation sites (tertiary alicyclic amines) is 1. The minimum Gasteiger partial charge on any atom is -0.490 e. The van der Waals surface area contributed by atoms with Gasteiger partial charge in [-0.3, -0.25) is 4.98 Å². The summed E-state index contributed by atoms with van der Waals surface area (Å²) in [6.07, 6.45) is 4.86. The van der Waals surface area contributed by atoms with Gasteiger partial charge in [0.1, 0.15) is 11.9 Å². The van der Waals surface area contributed by atoms with Crippen LogP contribution in [0.2, 0.25) is 0 Å². The number of hydrogen-bond acceptors (Lipinski definition) is 4. The van der Waals surface area contributed by atoms with Crippen molar-refractivity contribution in [3.8, 4) is 5.75 Å². The van der Waals surface area contributed by atoms with Crippen molar-refractivity contribution in [3.63, 3.8) is 0 Å². The number of pyridine rings is 1. The Morgan fingerprint density at radius 2 is 1.96 bits per heavy atom. The number of anilines is 1. The number of rotatable bonds is 6.